The Bertz CT molecular complexity index is 1640. The SMILES string of the molecule is O=S(=O)(c1ccc2ccccc2c1)N1CCCC(CNC2=CC(c3ccccc3Cl)Nc3c(Br)cnn32)C1. The van der Waals surface area contributed by atoms with Crippen LogP contribution in [0.3, 0.4) is 0 Å². The minimum absolute atomic E-state index is 0.136. The fraction of sp³-hybridized carbons (Fsp3) is 0.250. The van der Waals surface area contributed by atoms with Gasteiger partial charge in [-0.3, -0.25) is 0 Å². The number of benzene rings is 3. The van der Waals surface area contributed by atoms with E-state index in [0.29, 0.717) is 29.6 Å². The second kappa shape index (κ2) is 10.4. The average Bonchev–Trinajstić information content (AvgIpc) is 3.32. The molecule has 2 atom stereocenters. The van der Waals surface area contributed by atoms with Crippen LogP contribution >= 0.6 is 27.5 Å². The molecule has 0 bridgehead atoms. The molecule has 0 amide bonds. The number of nitrogens with one attached hydrogen (secondary N) is 2. The van der Waals surface area contributed by atoms with E-state index >= 15 is 0 Å². The molecule has 38 heavy (non-hydrogen) atoms. The molecule has 2 aliphatic heterocycles. The molecule has 196 valence electrons. The molecule has 10 heteroatoms. The first-order valence-electron chi connectivity index (χ1n) is 12.6. The number of halogens is 2. The summed E-state index contributed by atoms with van der Waals surface area (Å²) in [6.45, 7) is 1.63. The van der Waals surface area contributed by atoms with E-state index in [2.05, 4.69) is 37.7 Å². The zero-order valence-corrected chi connectivity index (χ0v) is 23.7. The summed E-state index contributed by atoms with van der Waals surface area (Å²) in [6, 6.07) is 20.8. The van der Waals surface area contributed by atoms with E-state index in [9.17, 15) is 8.42 Å². The Morgan fingerprint density at radius 1 is 1.08 bits per heavy atom. The van der Waals surface area contributed by atoms with E-state index in [0.717, 1.165) is 45.3 Å². The van der Waals surface area contributed by atoms with Crippen LogP contribution in [0.25, 0.3) is 16.6 Å². The summed E-state index contributed by atoms with van der Waals surface area (Å²) in [5, 5.41) is 14.2. The number of sulfonamides is 1. The van der Waals surface area contributed by atoms with Crippen LogP contribution < -0.4 is 10.6 Å². The highest BCUT2D eigenvalue weighted by atomic mass is 79.9. The number of piperidine rings is 1. The van der Waals surface area contributed by atoms with Crippen molar-refractivity contribution in [1.29, 1.82) is 0 Å². The van der Waals surface area contributed by atoms with Gasteiger partial charge >= 0.3 is 0 Å². The maximum Gasteiger partial charge on any atom is 0.243 e. The summed E-state index contributed by atoms with van der Waals surface area (Å²) >= 11 is 10.1. The molecule has 2 N–H and O–H groups in total. The highest BCUT2D eigenvalue weighted by Gasteiger charge is 2.31. The maximum absolute atomic E-state index is 13.5. The third-order valence-corrected chi connectivity index (χ3v) is 10.0. The van der Waals surface area contributed by atoms with Gasteiger partial charge in [0.25, 0.3) is 0 Å². The summed E-state index contributed by atoms with van der Waals surface area (Å²) in [5.41, 5.74) is 0.970. The molecule has 4 aromatic rings. The molecule has 2 aliphatic rings. The highest BCUT2D eigenvalue weighted by molar-refractivity contribution is 9.10. The van der Waals surface area contributed by atoms with Crippen molar-refractivity contribution in [3.8, 4) is 0 Å². The molecule has 2 unspecified atom stereocenters. The van der Waals surface area contributed by atoms with Crippen molar-refractivity contribution in [3.63, 3.8) is 0 Å². The van der Waals surface area contributed by atoms with E-state index in [1.165, 1.54) is 0 Å². The molecule has 3 heterocycles. The molecule has 3 aromatic carbocycles. The van der Waals surface area contributed by atoms with E-state index in [-0.39, 0.29) is 12.0 Å². The van der Waals surface area contributed by atoms with Gasteiger partial charge in [-0.05, 0) is 75.3 Å². The van der Waals surface area contributed by atoms with Crippen LogP contribution in [-0.2, 0) is 10.0 Å². The minimum atomic E-state index is -3.58. The lowest BCUT2D eigenvalue weighted by atomic mass is 9.99. The number of aromatic nitrogens is 2. The fourth-order valence-electron chi connectivity index (χ4n) is 5.22. The quantitative estimate of drug-likeness (QED) is 0.275. The summed E-state index contributed by atoms with van der Waals surface area (Å²) in [5.74, 6) is 1.84. The van der Waals surface area contributed by atoms with Gasteiger partial charge in [-0.1, -0.05) is 60.1 Å². The lowest BCUT2D eigenvalue weighted by Gasteiger charge is -2.33. The molecule has 1 saturated heterocycles. The Morgan fingerprint density at radius 3 is 2.71 bits per heavy atom. The lowest BCUT2D eigenvalue weighted by molar-refractivity contribution is 0.265. The van der Waals surface area contributed by atoms with Crippen molar-refractivity contribution in [1.82, 2.24) is 19.4 Å². The Morgan fingerprint density at radius 2 is 1.87 bits per heavy atom. The molecule has 0 aliphatic carbocycles. The molecule has 1 fully saturated rings. The predicted octanol–water partition coefficient (Wildman–Crippen LogP) is 6.11. The summed E-state index contributed by atoms with van der Waals surface area (Å²) < 4.78 is 31.4. The molecule has 0 saturated carbocycles. The molecule has 0 radical (unpaired) electrons. The lowest BCUT2D eigenvalue weighted by Crippen LogP contribution is -2.43. The van der Waals surface area contributed by atoms with Crippen LogP contribution in [0.2, 0.25) is 5.02 Å². The first-order valence-corrected chi connectivity index (χ1v) is 15.2. The summed E-state index contributed by atoms with van der Waals surface area (Å²) in [6.07, 6.45) is 5.60. The van der Waals surface area contributed by atoms with Crippen molar-refractivity contribution in [2.24, 2.45) is 5.92 Å². The maximum atomic E-state index is 13.5. The highest BCUT2D eigenvalue weighted by Crippen LogP contribution is 2.36. The molecule has 7 nitrogen and oxygen atoms in total. The Hall–Kier alpha value is -2.85. The topological polar surface area (TPSA) is 79.3 Å². The number of hydrogen-bond donors (Lipinski definition) is 2. The van der Waals surface area contributed by atoms with Gasteiger partial charge < -0.3 is 10.6 Å². The van der Waals surface area contributed by atoms with Crippen LogP contribution in [0, 0.1) is 5.92 Å². The predicted molar refractivity (Wildman–Crippen MR) is 155 cm³/mol. The van der Waals surface area contributed by atoms with Crippen molar-refractivity contribution < 1.29 is 8.42 Å². The number of anilines is 1. The van der Waals surface area contributed by atoms with E-state index in [1.54, 1.807) is 22.6 Å². The standard InChI is InChI=1S/C28H27BrClN5O2S/c29-24-17-32-35-27(15-26(33-28(24)35)23-9-3-4-10-25(23)30)31-16-19-6-5-13-34(18-19)38(36,37)22-12-11-20-7-1-2-8-21(20)14-22/h1-4,7-12,14-15,17,19,26,31,33H,5-6,13,16,18H2. The summed E-state index contributed by atoms with van der Waals surface area (Å²) in [4.78, 5) is 0.347. The largest absolute Gasteiger partial charge is 0.370 e. The zero-order chi connectivity index (χ0) is 26.3. The van der Waals surface area contributed by atoms with Gasteiger partial charge in [-0.2, -0.15) is 9.40 Å². The first kappa shape index (κ1) is 25.4. The van der Waals surface area contributed by atoms with Crippen LogP contribution in [0.15, 0.2) is 88.4 Å². The Kier molecular flexibility index (Phi) is 6.94. The second-order valence-electron chi connectivity index (χ2n) is 9.71. The minimum Gasteiger partial charge on any atom is -0.370 e. The van der Waals surface area contributed by atoms with Crippen LogP contribution in [0.4, 0.5) is 5.82 Å². The van der Waals surface area contributed by atoms with Gasteiger partial charge in [0.1, 0.15) is 11.6 Å². The zero-order valence-electron chi connectivity index (χ0n) is 20.5. The van der Waals surface area contributed by atoms with Crippen LogP contribution in [-0.4, -0.2) is 42.1 Å². The van der Waals surface area contributed by atoms with E-state index < -0.39 is 10.0 Å². The molecule has 1 aromatic heterocycles. The van der Waals surface area contributed by atoms with E-state index in [1.807, 2.05) is 59.3 Å². The van der Waals surface area contributed by atoms with Crippen LogP contribution in [0.5, 0.6) is 0 Å². The third kappa shape index (κ3) is 4.84. The Labute approximate surface area is 235 Å². The monoisotopic (exact) mass is 611 g/mol. The van der Waals surface area contributed by atoms with Gasteiger partial charge in [-0.15, -0.1) is 0 Å². The van der Waals surface area contributed by atoms with Crippen LogP contribution in [0.1, 0.15) is 24.4 Å². The smallest absolute Gasteiger partial charge is 0.243 e. The van der Waals surface area contributed by atoms with Gasteiger partial charge in [0, 0.05) is 24.7 Å². The molecular weight excluding hydrogens is 586 g/mol. The number of rotatable bonds is 6. The van der Waals surface area contributed by atoms with E-state index in [4.69, 9.17) is 11.6 Å². The van der Waals surface area contributed by atoms with Gasteiger partial charge in [0.05, 0.1) is 21.6 Å². The molecular formula is C28H27BrClN5O2S. The second-order valence-corrected chi connectivity index (χ2v) is 12.9. The van der Waals surface area contributed by atoms with Crippen molar-refractivity contribution in [2.75, 3.05) is 25.0 Å². The number of hydrogen-bond acceptors (Lipinski definition) is 5. The van der Waals surface area contributed by atoms with Gasteiger partial charge in [0.2, 0.25) is 10.0 Å². The fourth-order valence-corrected chi connectivity index (χ4v) is 7.44. The van der Waals surface area contributed by atoms with Crippen molar-refractivity contribution in [3.05, 3.63) is 94.1 Å². The van der Waals surface area contributed by atoms with Gasteiger partial charge in [0.15, 0.2) is 0 Å². The third-order valence-electron chi connectivity index (χ3n) is 7.22. The van der Waals surface area contributed by atoms with Gasteiger partial charge in [-0.25, -0.2) is 13.1 Å². The van der Waals surface area contributed by atoms with Crippen molar-refractivity contribution in [2.45, 2.75) is 23.8 Å². The number of nitrogens with zero attached hydrogens (tertiary/aromatic N) is 3. The first-order chi connectivity index (χ1) is 18.4. The van der Waals surface area contributed by atoms with Crippen molar-refractivity contribution >= 4 is 60.0 Å². The number of fused-ring (bicyclic) bond motifs is 2. The Balaban J connectivity index is 1.20. The molecule has 6 rings (SSSR count). The normalized spacial score (nSPS) is 20.0. The summed E-state index contributed by atoms with van der Waals surface area (Å²) in [7, 11) is -3.58. The molecule has 0 spiro atoms. The average molecular weight is 613 g/mol.